The monoisotopic (exact) mass is 416 g/mol. The van der Waals surface area contributed by atoms with Crippen molar-refractivity contribution in [2.45, 2.75) is 31.1 Å². The molecule has 0 aliphatic carbocycles. The SMILES string of the molecule is Cl.NCCCOC1CCN(S(=O)(=O)Cc2c(Cl)cccc2Cl)CC1. The van der Waals surface area contributed by atoms with Gasteiger partial charge in [0.25, 0.3) is 0 Å². The van der Waals surface area contributed by atoms with Crippen molar-refractivity contribution in [1.82, 2.24) is 4.31 Å². The molecule has 9 heteroatoms. The Bertz CT molecular complexity index is 600. The standard InChI is InChI=1S/C15H22Cl2N2O3S.ClH/c16-14-3-1-4-15(17)13(14)11-23(20,21)19-8-5-12(6-9-19)22-10-2-7-18;/h1,3-4,12H,2,5-11,18H2;1H. The van der Waals surface area contributed by atoms with Crippen molar-refractivity contribution in [2.75, 3.05) is 26.2 Å². The first kappa shape index (κ1) is 22.0. The van der Waals surface area contributed by atoms with E-state index < -0.39 is 10.0 Å². The summed E-state index contributed by atoms with van der Waals surface area (Å²) in [6.45, 7) is 2.14. The molecule has 0 bridgehead atoms. The Morgan fingerprint density at radius 2 is 1.79 bits per heavy atom. The van der Waals surface area contributed by atoms with Gasteiger partial charge >= 0.3 is 0 Å². The molecule has 0 aromatic heterocycles. The Hall–Kier alpha value is -0.0800. The van der Waals surface area contributed by atoms with Crippen molar-refractivity contribution in [2.24, 2.45) is 5.73 Å². The summed E-state index contributed by atoms with van der Waals surface area (Å²) in [7, 11) is -3.44. The van der Waals surface area contributed by atoms with E-state index in [0.29, 0.717) is 54.7 Å². The molecule has 1 aromatic rings. The number of hydrogen-bond acceptors (Lipinski definition) is 4. The quantitative estimate of drug-likeness (QED) is 0.692. The molecular formula is C15H23Cl3N2O3S. The highest BCUT2D eigenvalue weighted by Gasteiger charge is 2.29. The topological polar surface area (TPSA) is 72.6 Å². The molecule has 1 heterocycles. The lowest BCUT2D eigenvalue weighted by Crippen LogP contribution is -2.41. The maximum atomic E-state index is 12.6. The molecular weight excluding hydrogens is 395 g/mol. The average molecular weight is 418 g/mol. The third-order valence-corrected chi connectivity index (χ3v) is 6.40. The number of benzene rings is 1. The number of sulfonamides is 1. The van der Waals surface area contributed by atoms with Crippen LogP contribution in [0.25, 0.3) is 0 Å². The second-order valence-corrected chi connectivity index (χ2v) is 8.35. The van der Waals surface area contributed by atoms with E-state index in [9.17, 15) is 8.42 Å². The normalized spacial score (nSPS) is 16.8. The summed E-state index contributed by atoms with van der Waals surface area (Å²) in [5, 5.41) is 0.752. The van der Waals surface area contributed by atoms with Crippen LogP contribution in [0.2, 0.25) is 10.0 Å². The van der Waals surface area contributed by atoms with Crippen LogP contribution in [0.1, 0.15) is 24.8 Å². The molecule has 1 aromatic carbocycles. The van der Waals surface area contributed by atoms with Crippen molar-refractivity contribution in [3.05, 3.63) is 33.8 Å². The van der Waals surface area contributed by atoms with Gasteiger partial charge in [0.15, 0.2) is 0 Å². The Morgan fingerprint density at radius 1 is 1.21 bits per heavy atom. The van der Waals surface area contributed by atoms with E-state index in [0.717, 1.165) is 6.42 Å². The predicted octanol–water partition coefficient (Wildman–Crippen LogP) is 3.07. The second-order valence-electron chi connectivity index (χ2n) is 5.57. The zero-order valence-electron chi connectivity index (χ0n) is 13.3. The van der Waals surface area contributed by atoms with Crippen LogP contribution in [0.4, 0.5) is 0 Å². The van der Waals surface area contributed by atoms with Crippen molar-refractivity contribution in [3.63, 3.8) is 0 Å². The third kappa shape index (κ3) is 6.02. The number of rotatable bonds is 7. The molecule has 0 atom stereocenters. The molecule has 0 radical (unpaired) electrons. The summed E-state index contributed by atoms with van der Waals surface area (Å²) < 4.78 is 32.3. The number of piperidine rings is 1. The molecule has 2 rings (SSSR count). The van der Waals surface area contributed by atoms with Gasteiger partial charge in [0.1, 0.15) is 0 Å². The smallest absolute Gasteiger partial charge is 0.218 e. The van der Waals surface area contributed by atoms with E-state index in [1.165, 1.54) is 4.31 Å². The van der Waals surface area contributed by atoms with Gasteiger partial charge < -0.3 is 10.5 Å². The zero-order valence-corrected chi connectivity index (χ0v) is 16.4. The highest BCUT2D eigenvalue weighted by molar-refractivity contribution is 7.88. The van der Waals surface area contributed by atoms with E-state index in [-0.39, 0.29) is 24.3 Å². The Balaban J connectivity index is 0.00000288. The van der Waals surface area contributed by atoms with Crippen LogP contribution in [0.5, 0.6) is 0 Å². The summed E-state index contributed by atoms with van der Waals surface area (Å²) in [5.41, 5.74) is 5.89. The van der Waals surface area contributed by atoms with Gasteiger partial charge in [0, 0.05) is 35.3 Å². The number of ether oxygens (including phenoxy) is 1. The highest BCUT2D eigenvalue weighted by Crippen LogP contribution is 2.28. The Labute approximate surface area is 159 Å². The van der Waals surface area contributed by atoms with Crippen LogP contribution in [0.15, 0.2) is 18.2 Å². The molecule has 2 N–H and O–H groups in total. The van der Waals surface area contributed by atoms with Crippen LogP contribution in [-0.4, -0.2) is 45.1 Å². The number of hydrogen-bond donors (Lipinski definition) is 1. The van der Waals surface area contributed by atoms with Gasteiger partial charge in [0.05, 0.1) is 11.9 Å². The van der Waals surface area contributed by atoms with Gasteiger partial charge in [0.2, 0.25) is 10.0 Å². The molecule has 5 nitrogen and oxygen atoms in total. The summed E-state index contributed by atoms with van der Waals surface area (Å²) in [6.07, 6.45) is 2.32. The first-order valence-corrected chi connectivity index (χ1v) is 10.0. The summed E-state index contributed by atoms with van der Waals surface area (Å²) >= 11 is 12.1. The fourth-order valence-electron chi connectivity index (χ4n) is 2.55. The minimum absolute atomic E-state index is 0. The summed E-state index contributed by atoms with van der Waals surface area (Å²) in [6, 6.07) is 5.00. The summed E-state index contributed by atoms with van der Waals surface area (Å²) in [4.78, 5) is 0. The third-order valence-electron chi connectivity index (χ3n) is 3.88. The van der Waals surface area contributed by atoms with Crippen LogP contribution < -0.4 is 5.73 Å². The first-order valence-electron chi connectivity index (χ1n) is 7.66. The molecule has 1 aliphatic rings. The van der Waals surface area contributed by atoms with Crippen molar-refractivity contribution >= 4 is 45.6 Å². The molecule has 1 aliphatic heterocycles. The van der Waals surface area contributed by atoms with Gasteiger partial charge in [-0.1, -0.05) is 29.3 Å². The highest BCUT2D eigenvalue weighted by atomic mass is 35.5. The fraction of sp³-hybridized carbons (Fsp3) is 0.600. The fourth-order valence-corrected chi connectivity index (χ4v) is 4.87. The predicted molar refractivity (Wildman–Crippen MR) is 101 cm³/mol. The molecule has 24 heavy (non-hydrogen) atoms. The Morgan fingerprint density at radius 3 is 2.33 bits per heavy atom. The molecule has 138 valence electrons. The van der Waals surface area contributed by atoms with E-state index in [1.54, 1.807) is 18.2 Å². The van der Waals surface area contributed by atoms with E-state index >= 15 is 0 Å². The molecule has 1 fully saturated rings. The van der Waals surface area contributed by atoms with Gasteiger partial charge in [-0.3, -0.25) is 0 Å². The minimum atomic E-state index is -3.44. The van der Waals surface area contributed by atoms with Crippen LogP contribution in [0, 0.1) is 0 Å². The number of nitrogens with two attached hydrogens (primary N) is 1. The second kappa shape index (κ2) is 10.2. The van der Waals surface area contributed by atoms with Crippen molar-refractivity contribution in [1.29, 1.82) is 0 Å². The first-order chi connectivity index (χ1) is 10.9. The molecule has 0 amide bonds. The molecule has 0 saturated carbocycles. The van der Waals surface area contributed by atoms with E-state index in [4.69, 9.17) is 33.7 Å². The molecule has 1 saturated heterocycles. The lowest BCUT2D eigenvalue weighted by Gasteiger charge is -2.31. The van der Waals surface area contributed by atoms with Crippen molar-refractivity contribution in [3.8, 4) is 0 Å². The van der Waals surface area contributed by atoms with Crippen molar-refractivity contribution < 1.29 is 13.2 Å². The van der Waals surface area contributed by atoms with Crippen LogP contribution in [-0.2, 0) is 20.5 Å². The average Bonchev–Trinajstić information content (AvgIpc) is 2.52. The summed E-state index contributed by atoms with van der Waals surface area (Å²) in [5.74, 6) is -0.176. The minimum Gasteiger partial charge on any atom is -0.378 e. The van der Waals surface area contributed by atoms with Gasteiger partial charge in [-0.2, -0.15) is 0 Å². The lowest BCUT2D eigenvalue weighted by molar-refractivity contribution is 0.0208. The van der Waals surface area contributed by atoms with E-state index in [1.807, 2.05) is 0 Å². The molecule has 0 unspecified atom stereocenters. The number of nitrogens with zero attached hydrogens (tertiary/aromatic N) is 1. The Kier molecular flexibility index (Phi) is 9.30. The zero-order chi connectivity index (χ0) is 16.9. The number of halogens is 3. The van der Waals surface area contributed by atoms with Gasteiger partial charge in [-0.15, -0.1) is 12.4 Å². The van der Waals surface area contributed by atoms with Gasteiger partial charge in [-0.25, -0.2) is 12.7 Å². The largest absolute Gasteiger partial charge is 0.378 e. The molecule has 0 spiro atoms. The lowest BCUT2D eigenvalue weighted by atomic mass is 10.1. The maximum absolute atomic E-state index is 12.6. The van der Waals surface area contributed by atoms with Crippen LogP contribution >= 0.6 is 35.6 Å². The van der Waals surface area contributed by atoms with E-state index in [2.05, 4.69) is 0 Å². The maximum Gasteiger partial charge on any atom is 0.218 e. The van der Waals surface area contributed by atoms with Gasteiger partial charge in [-0.05, 0) is 37.9 Å². The van der Waals surface area contributed by atoms with Crippen LogP contribution in [0.3, 0.4) is 0 Å².